The molecule has 1 aliphatic heterocycles. The maximum Gasteiger partial charge on any atom is 0.410 e. The summed E-state index contributed by atoms with van der Waals surface area (Å²) < 4.78 is 10.3. The van der Waals surface area contributed by atoms with Crippen molar-refractivity contribution in [3.8, 4) is 0 Å². The zero-order chi connectivity index (χ0) is 21.3. The van der Waals surface area contributed by atoms with E-state index in [9.17, 15) is 14.4 Å². The van der Waals surface area contributed by atoms with E-state index in [1.165, 1.54) is 0 Å². The van der Waals surface area contributed by atoms with E-state index in [0.29, 0.717) is 45.0 Å². The molecule has 1 saturated heterocycles. The van der Waals surface area contributed by atoms with Crippen LogP contribution in [0.3, 0.4) is 0 Å². The highest BCUT2D eigenvalue weighted by atomic mass is 16.6. The lowest BCUT2D eigenvalue weighted by Crippen LogP contribution is -2.48. The Morgan fingerprint density at radius 3 is 2.25 bits per heavy atom. The number of nitrogens with zero attached hydrogens (tertiary/aromatic N) is 1. The van der Waals surface area contributed by atoms with Crippen LogP contribution in [0.15, 0.2) is 0 Å². The summed E-state index contributed by atoms with van der Waals surface area (Å²) in [5.41, 5.74) is -0.525. The van der Waals surface area contributed by atoms with Crippen LogP contribution in [0.4, 0.5) is 9.59 Å². The molecule has 0 spiro atoms. The van der Waals surface area contributed by atoms with Gasteiger partial charge in [-0.25, -0.2) is 9.59 Å². The second-order valence-corrected chi connectivity index (χ2v) is 8.68. The number of alkyl carbamates (subject to hydrolysis) is 1. The molecule has 8 nitrogen and oxygen atoms in total. The Bertz CT molecular complexity index is 522. The molecule has 1 aliphatic rings. The Hall–Kier alpha value is -1.99. The van der Waals surface area contributed by atoms with E-state index in [1.54, 1.807) is 11.8 Å². The second-order valence-electron chi connectivity index (χ2n) is 8.68. The van der Waals surface area contributed by atoms with Crippen LogP contribution in [-0.2, 0) is 14.3 Å². The third-order valence-corrected chi connectivity index (χ3v) is 4.39. The third kappa shape index (κ3) is 9.28. The van der Waals surface area contributed by atoms with Gasteiger partial charge in [0.1, 0.15) is 5.60 Å². The molecule has 0 saturated carbocycles. The summed E-state index contributed by atoms with van der Waals surface area (Å²) in [6, 6.07) is -0.176. The summed E-state index contributed by atoms with van der Waals surface area (Å²) in [6.45, 7) is 13.1. The van der Waals surface area contributed by atoms with Crippen LogP contribution in [-0.4, -0.2) is 60.9 Å². The van der Waals surface area contributed by atoms with Crippen molar-refractivity contribution in [1.82, 2.24) is 15.5 Å². The number of piperidine rings is 1. The highest BCUT2D eigenvalue weighted by Crippen LogP contribution is 2.20. The predicted octanol–water partition coefficient (Wildman–Crippen LogP) is 2.91. The third-order valence-electron chi connectivity index (χ3n) is 4.39. The first-order valence-electron chi connectivity index (χ1n) is 10.2. The van der Waals surface area contributed by atoms with Crippen LogP contribution < -0.4 is 10.6 Å². The van der Waals surface area contributed by atoms with Crippen molar-refractivity contribution in [3.63, 3.8) is 0 Å². The van der Waals surface area contributed by atoms with Gasteiger partial charge in [0, 0.05) is 31.6 Å². The van der Waals surface area contributed by atoms with E-state index in [1.807, 2.05) is 20.8 Å². The standard InChI is InChI=1S/C20H37N3O5/c1-7-27-18(25)22-16(12-14(2)3)13-21-17(24)15-8-10-23(11-9-15)19(26)28-20(4,5)6/h14-16H,7-13H2,1-6H3,(H,21,24)(H,22,25). The van der Waals surface area contributed by atoms with Gasteiger partial charge >= 0.3 is 12.2 Å². The van der Waals surface area contributed by atoms with Crippen LogP contribution in [0.2, 0.25) is 0 Å². The molecule has 1 rings (SSSR count). The zero-order valence-corrected chi connectivity index (χ0v) is 18.2. The average Bonchev–Trinajstić information content (AvgIpc) is 2.57. The van der Waals surface area contributed by atoms with Gasteiger partial charge in [-0.15, -0.1) is 0 Å². The summed E-state index contributed by atoms with van der Waals surface area (Å²) in [6.07, 6.45) is 1.15. The van der Waals surface area contributed by atoms with Crippen molar-refractivity contribution in [3.05, 3.63) is 0 Å². The fourth-order valence-corrected chi connectivity index (χ4v) is 3.12. The van der Waals surface area contributed by atoms with Crippen molar-refractivity contribution < 1.29 is 23.9 Å². The molecule has 0 aromatic carbocycles. The number of hydrogen-bond acceptors (Lipinski definition) is 5. The minimum atomic E-state index is -0.525. The Morgan fingerprint density at radius 1 is 1.14 bits per heavy atom. The number of carbonyl (C=O) groups excluding carboxylic acids is 3. The molecule has 28 heavy (non-hydrogen) atoms. The van der Waals surface area contributed by atoms with Crippen molar-refractivity contribution in [1.29, 1.82) is 0 Å². The Kier molecular flexibility index (Phi) is 9.55. The maximum atomic E-state index is 12.5. The van der Waals surface area contributed by atoms with Gasteiger partial charge in [0.25, 0.3) is 0 Å². The molecule has 0 radical (unpaired) electrons. The smallest absolute Gasteiger partial charge is 0.410 e. The number of likely N-dealkylation sites (tertiary alicyclic amines) is 1. The monoisotopic (exact) mass is 399 g/mol. The van der Waals surface area contributed by atoms with E-state index >= 15 is 0 Å². The first-order chi connectivity index (χ1) is 13.0. The second kappa shape index (κ2) is 11.1. The van der Waals surface area contributed by atoms with Gasteiger partial charge in [-0.05, 0) is 52.9 Å². The normalized spacial score (nSPS) is 16.5. The van der Waals surface area contributed by atoms with Gasteiger partial charge in [0.15, 0.2) is 0 Å². The molecule has 1 fully saturated rings. The van der Waals surface area contributed by atoms with E-state index < -0.39 is 11.7 Å². The SMILES string of the molecule is CCOC(=O)NC(CNC(=O)C1CCN(C(=O)OC(C)(C)C)CC1)CC(C)C. The summed E-state index contributed by atoms with van der Waals surface area (Å²) >= 11 is 0. The average molecular weight is 400 g/mol. The van der Waals surface area contributed by atoms with Crippen LogP contribution in [0.1, 0.15) is 60.8 Å². The quantitative estimate of drug-likeness (QED) is 0.686. The summed E-state index contributed by atoms with van der Waals surface area (Å²) in [7, 11) is 0. The molecule has 0 aromatic heterocycles. The molecule has 3 amide bonds. The zero-order valence-electron chi connectivity index (χ0n) is 18.2. The van der Waals surface area contributed by atoms with Crippen LogP contribution in [0.5, 0.6) is 0 Å². The number of amides is 3. The van der Waals surface area contributed by atoms with Gasteiger partial charge in [-0.2, -0.15) is 0 Å². The van der Waals surface area contributed by atoms with Crippen LogP contribution >= 0.6 is 0 Å². The van der Waals surface area contributed by atoms with Gasteiger partial charge in [-0.1, -0.05) is 13.8 Å². The number of rotatable bonds is 7. The Labute approximate surface area is 168 Å². The molecule has 0 bridgehead atoms. The molecule has 1 atom stereocenters. The number of nitrogens with one attached hydrogen (secondary N) is 2. The first kappa shape index (κ1) is 24.0. The maximum absolute atomic E-state index is 12.5. The highest BCUT2D eigenvalue weighted by Gasteiger charge is 2.30. The van der Waals surface area contributed by atoms with Gasteiger partial charge < -0.3 is 25.0 Å². The highest BCUT2D eigenvalue weighted by molar-refractivity contribution is 5.79. The Morgan fingerprint density at radius 2 is 1.75 bits per heavy atom. The molecular weight excluding hydrogens is 362 g/mol. The molecule has 2 N–H and O–H groups in total. The fourth-order valence-electron chi connectivity index (χ4n) is 3.12. The van der Waals surface area contributed by atoms with Gasteiger partial charge in [0.05, 0.1) is 6.61 Å². The number of hydrogen-bond donors (Lipinski definition) is 2. The summed E-state index contributed by atoms with van der Waals surface area (Å²) in [5, 5.41) is 5.75. The van der Waals surface area contributed by atoms with Crippen LogP contribution in [0.25, 0.3) is 0 Å². The molecular formula is C20H37N3O5. The van der Waals surface area contributed by atoms with Crippen LogP contribution in [0, 0.1) is 11.8 Å². The molecule has 0 aliphatic carbocycles. The molecule has 162 valence electrons. The van der Waals surface area contributed by atoms with E-state index in [2.05, 4.69) is 24.5 Å². The topological polar surface area (TPSA) is 97.0 Å². The fraction of sp³-hybridized carbons (Fsp3) is 0.850. The van der Waals surface area contributed by atoms with Crippen molar-refractivity contribution in [2.45, 2.75) is 72.4 Å². The number of carbonyl (C=O) groups is 3. The van der Waals surface area contributed by atoms with E-state index in [0.717, 1.165) is 6.42 Å². The predicted molar refractivity (Wildman–Crippen MR) is 107 cm³/mol. The number of ether oxygens (including phenoxy) is 2. The van der Waals surface area contributed by atoms with Gasteiger partial charge in [-0.3, -0.25) is 4.79 Å². The lowest BCUT2D eigenvalue weighted by atomic mass is 9.96. The van der Waals surface area contributed by atoms with E-state index in [-0.39, 0.29) is 24.0 Å². The lowest BCUT2D eigenvalue weighted by Gasteiger charge is -2.33. The molecule has 1 unspecified atom stereocenters. The first-order valence-corrected chi connectivity index (χ1v) is 10.2. The van der Waals surface area contributed by atoms with Crippen molar-refractivity contribution >= 4 is 18.1 Å². The van der Waals surface area contributed by atoms with Gasteiger partial charge in [0.2, 0.25) is 5.91 Å². The Balaban J connectivity index is 2.45. The van der Waals surface area contributed by atoms with Crippen molar-refractivity contribution in [2.75, 3.05) is 26.2 Å². The van der Waals surface area contributed by atoms with Crippen molar-refractivity contribution in [2.24, 2.45) is 11.8 Å². The van der Waals surface area contributed by atoms with E-state index in [4.69, 9.17) is 9.47 Å². The summed E-state index contributed by atoms with van der Waals surface area (Å²) in [4.78, 5) is 38.0. The molecule has 0 aromatic rings. The molecule has 1 heterocycles. The lowest BCUT2D eigenvalue weighted by molar-refractivity contribution is -0.126. The minimum absolute atomic E-state index is 0.0387. The summed E-state index contributed by atoms with van der Waals surface area (Å²) in [5.74, 6) is 0.199. The minimum Gasteiger partial charge on any atom is -0.450 e. The largest absolute Gasteiger partial charge is 0.450 e. The molecule has 8 heteroatoms.